The minimum absolute atomic E-state index is 0.161. The summed E-state index contributed by atoms with van der Waals surface area (Å²) in [6.07, 6.45) is 15.6. The van der Waals surface area contributed by atoms with E-state index in [1.54, 1.807) is 0 Å². The maximum Gasteiger partial charge on any atom is 0.330 e. The van der Waals surface area contributed by atoms with Gasteiger partial charge in [-0.2, -0.15) is 0 Å². The molecule has 0 aromatic carbocycles. The minimum atomic E-state index is -0.310. The van der Waals surface area contributed by atoms with Gasteiger partial charge in [0, 0.05) is 12.2 Å². The first-order chi connectivity index (χ1) is 12.5. The molecule has 0 radical (unpaired) electrons. The van der Waals surface area contributed by atoms with E-state index in [1.807, 2.05) is 0 Å². The second-order valence-electron chi connectivity index (χ2n) is 7.22. The number of rotatable bonds is 11. The van der Waals surface area contributed by atoms with Crippen molar-refractivity contribution in [1.29, 1.82) is 0 Å². The lowest BCUT2D eigenvalue weighted by atomic mass is 9.98. The first-order valence-corrected chi connectivity index (χ1v) is 10.1. The lowest BCUT2D eigenvalue weighted by Gasteiger charge is -2.20. The molecule has 1 fully saturated rings. The maximum atomic E-state index is 10.7. The van der Waals surface area contributed by atoms with E-state index in [2.05, 4.69) is 27.0 Å². The van der Waals surface area contributed by atoms with Crippen molar-refractivity contribution in [3.63, 3.8) is 0 Å². The number of esters is 2. The Labute approximate surface area is 160 Å². The van der Waals surface area contributed by atoms with Crippen LogP contribution in [-0.4, -0.2) is 24.6 Å². The van der Waals surface area contributed by atoms with Crippen LogP contribution in [0, 0.1) is 5.92 Å². The molecule has 150 valence electrons. The molecule has 1 aliphatic carbocycles. The molecule has 0 aromatic heterocycles. The number of ether oxygens (including phenoxy) is 2. The van der Waals surface area contributed by atoms with E-state index in [4.69, 9.17) is 9.47 Å². The molecule has 26 heavy (non-hydrogen) atoms. The van der Waals surface area contributed by atoms with Crippen LogP contribution < -0.4 is 0 Å². The van der Waals surface area contributed by atoms with Crippen LogP contribution >= 0.6 is 0 Å². The highest BCUT2D eigenvalue weighted by Crippen LogP contribution is 2.20. The van der Waals surface area contributed by atoms with Crippen molar-refractivity contribution in [1.82, 2.24) is 0 Å². The van der Waals surface area contributed by atoms with Gasteiger partial charge in [-0.05, 0) is 38.0 Å². The fourth-order valence-corrected chi connectivity index (χ4v) is 2.81. The average Bonchev–Trinajstić information content (AvgIpc) is 2.64. The molecule has 0 atom stereocenters. The Kier molecular flexibility index (Phi) is 15.8. The van der Waals surface area contributed by atoms with Gasteiger partial charge >= 0.3 is 11.9 Å². The third kappa shape index (κ3) is 15.9. The van der Waals surface area contributed by atoms with E-state index in [-0.39, 0.29) is 18.0 Å². The van der Waals surface area contributed by atoms with Crippen LogP contribution in [-0.2, 0) is 19.1 Å². The Balaban J connectivity index is 0.000000502. The highest BCUT2D eigenvalue weighted by atomic mass is 16.5. The van der Waals surface area contributed by atoms with Gasteiger partial charge in [0.1, 0.15) is 6.10 Å². The largest absolute Gasteiger partial charge is 0.463 e. The number of hydrogen-bond donors (Lipinski definition) is 0. The molecule has 0 N–H and O–H groups in total. The summed E-state index contributed by atoms with van der Waals surface area (Å²) < 4.78 is 9.96. The van der Waals surface area contributed by atoms with Crippen molar-refractivity contribution < 1.29 is 19.1 Å². The van der Waals surface area contributed by atoms with Crippen molar-refractivity contribution in [2.45, 2.75) is 90.6 Å². The van der Waals surface area contributed by atoms with Crippen LogP contribution in [0.3, 0.4) is 0 Å². The van der Waals surface area contributed by atoms with Gasteiger partial charge in [-0.3, -0.25) is 0 Å². The fourth-order valence-electron chi connectivity index (χ4n) is 2.81. The fraction of sp³-hybridized carbons (Fsp3) is 0.727. The van der Waals surface area contributed by atoms with Gasteiger partial charge in [-0.1, -0.05) is 65.5 Å². The third-order valence-corrected chi connectivity index (χ3v) is 4.34. The van der Waals surface area contributed by atoms with Crippen molar-refractivity contribution in [2.75, 3.05) is 6.61 Å². The quantitative estimate of drug-likeness (QED) is 0.265. The Morgan fingerprint density at radius 2 is 1.50 bits per heavy atom. The third-order valence-electron chi connectivity index (χ3n) is 4.34. The topological polar surface area (TPSA) is 52.6 Å². The van der Waals surface area contributed by atoms with Crippen molar-refractivity contribution in [3.8, 4) is 0 Å². The van der Waals surface area contributed by atoms with E-state index in [0.29, 0.717) is 6.61 Å². The van der Waals surface area contributed by atoms with Crippen molar-refractivity contribution in [2.24, 2.45) is 5.92 Å². The number of hydrogen-bond acceptors (Lipinski definition) is 4. The summed E-state index contributed by atoms with van der Waals surface area (Å²) in [4.78, 5) is 21.4. The van der Waals surface area contributed by atoms with E-state index in [0.717, 1.165) is 31.6 Å². The van der Waals surface area contributed by atoms with Crippen LogP contribution in [0.1, 0.15) is 84.5 Å². The van der Waals surface area contributed by atoms with Crippen LogP contribution in [0.4, 0.5) is 0 Å². The molecule has 0 aromatic rings. The monoisotopic (exact) mass is 366 g/mol. The van der Waals surface area contributed by atoms with Gasteiger partial charge in [-0.15, -0.1) is 0 Å². The Morgan fingerprint density at radius 3 is 2.08 bits per heavy atom. The zero-order valence-electron chi connectivity index (χ0n) is 16.8. The van der Waals surface area contributed by atoms with E-state index in [1.165, 1.54) is 57.1 Å². The van der Waals surface area contributed by atoms with E-state index >= 15 is 0 Å². The van der Waals surface area contributed by atoms with Gasteiger partial charge in [0.05, 0.1) is 6.61 Å². The van der Waals surface area contributed by atoms with Gasteiger partial charge in [0.15, 0.2) is 0 Å². The SMILES string of the molecule is C=CC(=O)OC1CCCCC1.C=CC(=O)OCCCCCCCC(C)C. The zero-order valence-corrected chi connectivity index (χ0v) is 16.8. The van der Waals surface area contributed by atoms with Crippen LogP contribution in [0.15, 0.2) is 25.3 Å². The number of unbranched alkanes of at least 4 members (excludes halogenated alkanes) is 4. The van der Waals surface area contributed by atoms with Gasteiger partial charge in [0.2, 0.25) is 0 Å². The Hall–Kier alpha value is -1.58. The highest BCUT2D eigenvalue weighted by molar-refractivity contribution is 5.81. The predicted octanol–water partition coefficient (Wildman–Crippen LogP) is 5.76. The first-order valence-electron chi connectivity index (χ1n) is 10.1. The molecule has 0 bridgehead atoms. The molecular weight excluding hydrogens is 328 g/mol. The summed E-state index contributed by atoms with van der Waals surface area (Å²) in [7, 11) is 0. The van der Waals surface area contributed by atoms with Crippen LogP contribution in [0.2, 0.25) is 0 Å². The molecule has 0 spiro atoms. The summed E-state index contributed by atoms with van der Waals surface area (Å²) in [6.45, 7) is 11.7. The van der Waals surface area contributed by atoms with Crippen molar-refractivity contribution in [3.05, 3.63) is 25.3 Å². The molecule has 0 heterocycles. The van der Waals surface area contributed by atoms with Crippen LogP contribution in [0.5, 0.6) is 0 Å². The van der Waals surface area contributed by atoms with Gasteiger partial charge < -0.3 is 9.47 Å². The van der Waals surface area contributed by atoms with E-state index in [9.17, 15) is 9.59 Å². The molecule has 1 saturated carbocycles. The summed E-state index contributed by atoms with van der Waals surface area (Å²) in [5.74, 6) is 0.227. The predicted molar refractivity (Wildman–Crippen MR) is 107 cm³/mol. The molecule has 1 aliphatic rings. The van der Waals surface area contributed by atoms with Gasteiger partial charge in [0.25, 0.3) is 0 Å². The normalized spacial score (nSPS) is 14.1. The standard InChI is InChI=1S/C13H24O2.C9H14O2/c1-4-13(14)15-11-9-7-5-6-8-10-12(2)3;1-2-9(10)11-8-6-4-3-5-7-8/h4,12H,1,5-11H2,2-3H3;2,8H,1,3-7H2. The van der Waals surface area contributed by atoms with Crippen LogP contribution in [0.25, 0.3) is 0 Å². The number of carbonyl (C=O) groups is 2. The Morgan fingerprint density at radius 1 is 0.923 bits per heavy atom. The molecule has 1 rings (SSSR count). The summed E-state index contributed by atoms with van der Waals surface area (Å²) in [5.41, 5.74) is 0. The molecule has 0 unspecified atom stereocenters. The molecule has 4 nitrogen and oxygen atoms in total. The maximum absolute atomic E-state index is 10.7. The molecular formula is C22H38O4. The minimum Gasteiger partial charge on any atom is -0.463 e. The van der Waals surface area contributed by atoms with Gasteiger partial charge in [-0.25, -0.2) is 9.59 Å². The summed E-state index contributed by atoms with van der Waals surface area (Å²) >= 11 is 0. The molecule has 0 aliphatic heterocycles. The van der Waals surface area contributed by atoms with Crippen molar-refractivity contribution >= 4 is 11.9 Å². The smallest absolute Gasteiger partial charge is 0.330 e. The first kappa shape index (κ1) is 24.4. The molecule has 0 saturated heterocycles. The van der Waals surface area contributed by atoms with E-state index < -0.39 is 0 Å². The summed E-state index contributed by atoms with van der Waals surface area (Å²) in [6, 6.07) is 0. The number of carbonyl (C=O) groups excluding carboxylic acids is 2. The second-order valence-corrected chi connectivity index (χ2v) is 7.22. The lowest BCUT2D eigenvalue weighted by molar-refractivity contribution is -0.144. The lowest BCUT2D eigenvalue weighted by Crippen LogP contribution is -2.19. The summed E-state index contributed by atoms with van der Waals surface area (Å²) in [5, 5.41) is 0. The molecule has 0 amide bonds. The second kappa shape index (κ2) is 16.9. The average molecular weight is 367 g/mol. The molecule has 4 heteroatoms. The zero-order chi connectivity index (χ0) is 19.6. The Bertz CT molecular complexity index is 395. The highest BCUT2D eigenvalue weighted by Gasteiger charge is 2.15.